The Bertz CT molecular complexity index is 863. The monoisotopic (exact) mass is 338 g/mol. The first-order valence-corrected chi connectivity index (χ1v) is 7.72. The van der Waals surface area contributed by atoms with Crippen molar-refractivity contribution in [3.05, 3.63) is 66.0 Å². The van der Waals surface area contributed by atoms with Gasteiger partial charge in [0.2, 0.25) is 0 Å². The molecule has 3 aromatic rings. The van der Waals surface area contributed by atoms with E-state index in [-0.39, 0.29) is 11.6 Å². The van der Waals surface area contributed by atoms with Gasteiger partial charge in [-0.1, -0.05) is 12.1 Å². The normalized spacial score (nSPS) is 10.3. The molecule has 3 rings (SSSR count). The maximum atomic E-state index is 12.3. The Morgan fingerprint density at radius 1 is 1.20 bits per heavy atom. The predicted octanol–water partition coefficient (Wildman–Crippen LogP) is 3.06. The van der Waals surface area contributed by atoms with Gasteiger partial charge in [-0.3, -0.25) is 4.79 Å². The molecule has 0 aliphatic rings. The number of rotatable bonds is 6. The van der Waals surface area contributed by atoms with Crippen LogP contribution in [0.1, 0.15) is 22.1 Å². The van der Waals surface area contributed by atoms with Crippen LogP contribution in [0.5, 0.6) is 5.75 Å². The standard InChI is InChI=1S/C18H18N4O3/c1-12-20-15(18(23)19-11-13-6-5-9-25-13)10-17(21-12)22-14-7-3-4-8-16(14)24-2/h3-10H,11H2,1-2H3,(H,19,23)(H,20,21,22). The van der Waals surface area contributed by atoms with Crippen LogP contribution in [0.2, 0.25) is 0 Å². The van der Waals surface area contributed by atoms with E-state index in [1.165, 1.54) is 0 Å². The van der Waals surface area contributed by atoms with Crippen molar-refractivity contribution in [2.75, 3.05) is 12.4 Å². The molecule has 2 heterocycles. The van der Waals surface area contributed by atoms with E-state index in [1.807, 2.05) is 24.3 Å². The van der Waals surface area contributed by atoms with E-state index in [4.69, 9.17) is 9.15 Å². The lowest BCUT2D eigenvalue weighted by molar-refractivity contribution is 0.0942. The van der Waals surface area contributed by atoms with Gasteiger partial charge in [0, 0.05) is 6.07 Å². The second kappa shape index (κ2) is 7.48. The Morgan fingerprint density at radius 2 is 2.04 bits per heavy atom. The fraction of sp³-hybridized carbons (Fsp3) is 0.167. The van der Waals surface area contributed by atoms with E-state index in [0.717, 1.165) is 5.69 Å². The molecule has 0 aliphatic heterocycles. The van der Waals surface area contributed by atoms with Gasteiger partial charge in [0.15, 0.2) is 0 Å². The van der Waals surface area contributed by atoms with Gasteiger partial charge in [0.05, 0.1) is 25.6 Å². The summed E-state index contributed by atoms with van der Waals surface area (Å²) < 4.78 is 10.5. The number of carbonyl (C=O) groups is 1. The number of ether oxygens (including phenoxy) is 1. The van der Waals surface area contributed by atoms with Gasteiger partial charge in [-0.2, -0.15) is 0 Å². The third-order valence-electron chi connectivity index (χ3n) is 3.44. The van der Waals surface area contributed by atoms with Crippen LogP contribution in [0.25, 0.3) is 0 Å². The summed E-state index contributed by atoms with van der Waals surface area (Å²) in [5.41, 5.74) is 1.03. The Kier molecular flexibility index (Phi) is 4.94. The number of nitrogens with one attached hydrogen (secondary N) is 2. The van der Waals surface area contributed by atoms with Gasteiger partial charge in [-0.15, -0.1) is 0 Å². The average molecular weight is 338 g/mol. The molecule has 1 amide bonds. The minimum atomic E-state index is -0.301. The molecule has 2 N–H and O–H groups in total. The number of amides is 1. The number of carbonyl (C=O) groups excluding carboxylic acids is 1. The number of hydrogen-bond donors (Lipinski definition) is 2. The number of aryl methyl sites for hydroxylation is 1. The Balaban J connectivity index is 1.76. The molecule has 25 heavy (non-hydrogen) atoms. The van der Waals surface area contributed by atoms with E-state index < -0.39 is 0 Å². The van der Waals surface area contributed by atoms with Crippen LogP contribution in [0, 0.1) is 6.92 Å². The Labute approximate surface area is 145 Å². The Hall–Kier alpha value is -3.35. The summed E-state index contributed by atoms with van der Waals surface area (Å²) in [6.45, 7) is 2.03. The number of methoxy groups -OCH3 is 1. The summed E-state index contributed by atoms with van der Waals surface area (Å²) >= 11 is 0. The third-order valence-corrected chi connectivity index (χ3v) is 3.44. The highest BCUT2D eigenvalue weighted by molar-refractivity contribution is 5.93. The predicted molar refractivity (Wildman–Crippen MR) is 92.9 cm³/mol. The van der Waals surface area contributed by atoms with Crippen LogP contribution in [0.15, 0.2) is 53.1 Å². The van der Waals surface area contributed by atoms with Crippen molar-refractivity contribution in [3.63, 3.8) is 0 Å². The van der Waals surface area contributed by atoms with Gasteiger partial charge in [0.1, 0.15) is 28.8 Å². The van der Waals surface area contributed by atoms with E-state index in [1.54, 1.807) is 38.5 Å². The summed E-state index contributed by atoms with van der Waals surface area (Å²) in [5.74, 6) is 2.06. The molecular formula is C18H18N4O3. The highest BCUT2D eigenvalue weighted by Crippen LogP contribution is 2.26. The first-order valence-electron chi connectivity index (χ1n) is 7.72. The van der Waals surface area contributed by atoms with Crippen LogP contribution in [0.3, 0.4) is 0 Å². The highest BCUT2D eigenvalue weighted by Gasteiger charge is 2.12. The lowest BCUT2D eigenvalue weighted by Gasteiger charge is -2.11. The molecule has 0 saturated carbocycles. The highest BCUT2D eigenvalue weighted by atomic mass is 16.5. The second-order valence-electron chi connectivity index (χ2n) is 5.27. The van der Waals surface area contributed by atoms with Crippen molar-refractivity contribution >= 4 is 17.4 Å². The van der Waals surface area contributed by atoms with Crippen molar-refractivity contribution in [2.24, 2.45) is 0 Å². The molecule has 0 atom stereocenters. The molecule has 2 aromatic heterocycles. The number of benzene rings is 1. The molecule has 128 valence electrons. The van der Waals surface area contributed by atoms with Crippen molar-refractivity contribution in [3.8, 4) is 5.75 Å². The first-order chi connectivity index (χ1) is 12.2. The van der Waals surface area contributed by atoms with Crippen molar-refractivity contribution in [2.45, 2.75) is 13.5 Å². The van der Waals surface area contributed by atoms with Gasteiger partial charge < -0.3 is 19.8 Å². The Morgan fingerprint density at radius 3 is 2.80 bits per heavy atom. The zero-order valence-corrected chi connectivity index (χ0v) is 13.9. The van der Waals surface area contributed by atoms with Crippen molar-refractivity contribution in [1.82, 2.24) is 15.3 Å². The smallest absolute Gasteiger partial charge is 0.270 e. The SMILES string of the molecule is COc1ccccc1Nc1cc(C(=O)NCc2ccco2)nc(C)n1. The average Bonchev–Trinajstić information content (AvgIpc) is 3.13. The van der Waals surface area contributed by atoms with Crippen molar-refractivity contribution < 1.29 is 13.9 Å². The topological polar surface area (TPSA) is 89.3 Å². The summed E-state index contributed by atoms with van der Waals surface area (Å²) in [6, 6.07) is 12.6. The largest absolute Gasteiger partial charge is 0.495 e. The zero-order chi connectivity index (χ0) is 17.6. The quantitative estimate of drug-likeness (QED) is 0.718. The number of anilines is 2. The lowest BCUT2D eigenvalue weighted by atomic mass is 10.3. The number of aromatic nitrogens is 2. The fourth-order valence-electron chi connectivity index (χ4n) is 2.31. The first kappa shape index (κ1) is 16.5. The number of hydrogen-bond acceptors (Lipinski definition) is 6. The molecule has 1 aromatic carbocycles. The molecule has 0 spiro atoms. The lowest BCUT2D eigenvalue weighted by Crippen LogP contribution is -2.24. The maximum Gasteiger partial charge on any atom is 0.270 e. The number of para-hydroxylation sites is 2. The van der Waals surface area contributed by atoms with Gasteiger partial charge in [-0.05, 0) is 31.2 Å². The molecule has 0 unspecified atom stereocenters. The summed E-state index contributed by atoms with van der Waals surface area (Å²) in [6.07, 6.45) is 1.56. The molecule has 0 radical (unpaired) electrons. The fourth-order valence-corrected chi connectivity index (χ4v) is 2.31. The summed E-state index contributed by atoms with van der Waals surface area (Å²) in [5, 5.41) is 5.92. The molecule has 0 fully saturated rings. The van der Waals surface area contributed by atoms with Crippen LogP contribution < -0.4 is 15.4 Å². The maximum absolute atomic E-state index is 12.3. The van der Waals surface area contributed by atoms with E-state index in [2.05, 4.69) is 20.6 Å². The van der Waals surface area contributed by atoms with E-state index in [0.29, 0.717) is 29.7 Å². The number of furan rings is 1. The third kappa shape index (κ3) is 4.14. The molecule has 0 aliphatic carbocycles. The van der Waals surface area contributed by atoms with Gasteiger partial charge in [0.25, 0.3) is 5.91 Å². The van der Waals surface area contributed by atoms with Crippen LogP contribution >= 0.6 is 0 Å². The molecular weight excluding hydrogens is 320 g/mol. The number of nitrogens with zero attached hydrogens (tertiary/aromatic N) is 2. The second-order valence-corrected chi connectivity index (χ2v) is 5.27. The summed E-state index contributed by atoms with van der Waals surface area (Å²) in [7, 11) is 1.60. The zero-order valence-electron chi connectivity index (χ0n) is 13.9. The summed E-state index contributed by atoms with van der Waals surface area (Å²) in [4.78, 5) is 20.8. The molecule has 7 heteroatoms. The van der Waals surface area contributed by atoms with Crippen LogP contribution in [-0.4, -0.2) is 23.0 Å². The van der Waals surface area contributed by atoms with E-state index in [9.17, 15) is 4.79 Å². The molecule has 0 saturated heterocycles. The van der Waals surface area contributed by atoms with Gasteiger partial charge in [-0.25, -0.2) is 9.97 Å². The molecule has 0 bridgehead atoms. The van der Waals surface area contributed by atoms with Crippen molar-refractivity contribution in [1.29, 1.82) is 0 Å². The minimum absolute atomic E-state index is 0.274. The van der Waals surface area contributed by atoms with Crippen LogP contribution in [0.4, 0.5) is 11.5 Å². The van der Waals surface area contributed by atoms with Gasteiger partial charge >= 0.3 is 0 Å². The molecule has 7 nitrogen and oxygen atoms in total. The minimum Gasteiger partial charge on any atom is -0.495 e. The van der Waals surface area contributed by atoms with E-state index >= 15 is 0 Å². The van der Waals surface area contributed by atoms with Crippen LogP contribution in [-0.2, 0) is 6.54 Å².